The van der Waals surface area contributed by atoms with Crippen molar-refractivity contribution in [1.82, 2.24) is 4.31 Å². The van der Waals surface area contributed by atoms with Gasteiger partial charge in [-0.3, -0.25) is 4.79 Å². The van der Waals surface area contributed by atoms with Gasteiger partial charge in [-0.2, -0.15) is 4.31 Å². The quantitative estimate of drug-likeness (QED) is 0.774. The second-order valence-corrected chi connectivity index (χ2v) is 6.17. The van der Waals surface area contributed by atoms with Crippen LogP contribution in [0.4, 0.5) is 0 Å². The third-order valence-electron chi connectivity index (χ3n) is 2.58. The summed E-state index contributed by atoms with van der Waals surface area (Å²) in [4.78, 5) is 10.6. The van der Waals surface area contributed by atoms with Crippen molar-refractivity contribution < 1.29 is 27.8 Å². The lowest BCUT2D eigenvalue weighted by atomic mass is 10.3. The van der Waals surface area contributed by atoms with Crippen LogP contribution in [0.15, 0.2) is 23.1 Å². The molecule has 21 heavy (non-hydrogen) atoms. The van der Waals surface area contributed by atoms with E-state index in [1.807, 2.05) is 0 Å². The molecule has 0 unspecified atom stereocenters. The van der Waals surface area contributed by atoms with Gasteiger partial charge in [0.1, 0.15) is 6.54 Å². The number of likely N-dealkylation sites (N-methyl/N-ethyl adjacent to an activating group) is 1. The van der Waals surface area contributed by atoms with Crippen LogP contribution >= 0.6 is 0 Å². The van der Waals surface area contributed by atoms with Crippen LogP contribution in [0.3, 0.4) is 0 Å². The summed E-state index contributed by atoms with van der Waals surface area (Å²) in [6.45, 7) is 3.74. The van der Waals surface area contributed by atoms with Gasteiger partial charge in [-0.05, 0) is 26.0 Å². The Labute approximate surface area is 124 Å². The van der Waals surface area contributed by atoms with Gasteiger partial charge in [0.15, 0.2) is 11.5 Å². The molecule has 0 saturated carbocycles. The van der Waals surface area contributed by atoms with E-state index in [0.29, 0.717) is 24.7 Å². The standard InChI is InChI=1S/C13H19NO6S/c1-4-19-11-7-6-10(8-12(11)20-5-2)21(17,18)14(3)9-13(15)16/h6-8H,4-5,9H2,1-3H3,(H,15,16). The lowest BCUT2D eigenvalue weighted by Crippen LogP contribution is -2.32. The molecule has 0 spiro atoms. The minimum absolute atomic E-state index is 0.0434. The molecule has 0 radical (unpaired) electrons. The lowest BCUT2D eigenvalue weighted by Gasteiger charge is -2.17. The predicted molar refractivity (Wildman–Crippen MR) is 76.2 cm³/mol. The second-order valence-electron chi connectivity index (χ2n) is 4.13. The van der Waals surface area contributed by atoms with E-state index < -0.39 is 22.5 Å². The number of rotatable bonds is 8. The number of carbonyl (C=O) groups is 1. The normalized spacial score (nSPS) is 11.4. The Morgan fingerprint density at radius 2 is 1.76 bits per heavy atom. The Bertz CT molecular complexity index is 599. The monoisotopic (exact) mass is 317 g/mol. The molecule has 0 heterocycles. The van der Waals surface area contributed by atoms with Gasteiger partial charge in [0.05, 0.1) is 18.1 Å². The molecule has 0 fully saturated rings. The highest BCUT2D eigenvalue weighted by Crippen LogP contribution is 2.31. The highest BCUT2D eigenvalue weighted by atomic mass is 32.2. The average Bonchev–Trinajstić information content (AvgIpc) is 2.40. The third-order valence-corrected chi connectivity index (χ3v) is 4.38. The molecule has 1 aromatic carbocycles. The maximum absolute atomic E-state index is 12.3. The van der Waals surface area contributed by atoms with Crippen molar-refractivity contribution in [2.45, 2.75) is 18.7 Å². The molecule has 0 saturated heterocycles. The number of sulfonamides is 1. The summed E-state index contributed by atoms with van der Waals surface area (Å²) in [6, 6.07) is 4.19. The summed E-state index contributed by atoms with van der Waals surface area (Å²) < 4.78 is 36.0. The number of carboxylic acid groups (broad SMARTS) is 1. The average molecular weight is 317 g/mol. The van der Waals surface area contributed by atoms with E-state index in [-0.39, 0.29) is 4.90 Å². The van der Waals surface area contributed by atoms with Crippen molar-refractivity contribution in [3.05, 3.63) is 18.2 Å². The second kappa shape index (κ2) is 7.28. The Morgan fingerprint density at radius 1 is 1.19 bits per heavy atom. The first-order chi connectivity index (χ1) is 9.82. The Kier molecular flexibility index (Phi) is 5.98. The maximum Gasteiger partial charge on any atom is 0.318 e. The zero-order valence-electron chi connectivity index (χ0n) is 12.2. The van der Waals surface area contributed by atoms with Gasteiger partial charge in [-0.25, -0.2) is 8.42 Å². The third kappa shape index (κ3) is 4.33. The van der Waals surface area contributed by atoms with Crippen molar-refractivity contribution >= 4 is 16.0 Å². The molecule has 1 N–H and O–H groups in total. The first-order valence-corrected chi connectivity index (χ1v) is 7.84. The molecule has 7 nitrogen and oxygen atoms in total. The zero-order chi connectivity index (χ0) is 16.0. The van der Waals surface area contributed by atoms with Gasteiger partial charge in [-0.1, -0.05) is 0 Å². The minimum atomic E-state index is -3.89. The van der Waals surface area contributed by atoms with Crippen LogP contribution in [-0.2, 0) is 14.8 Å². The summed E-state index contributed by atoms with van der Waals surface area (Å²) in [5.74, 6) is -0.472. The number of aliphatic carboxylic acids is 1. The number of ether oxygens (including phenoxy) is 2. The van der Waals surface area contributed by atoms with Crippen LogP contribution in [0.2, 0.25) is 0 Å². The number of nitrogens with zero attached hydrogens (tertiary/aromatic N) is 1. The van der Waals surface area contributed by atoms with E-state index in [4.69, 9.17) is 14.6 Å². The fraction of sp³-hybridized carbons (Fsp3) is 0.462. The Morgan fingerprint density at radius 3 is 2.29 bits per heavy atom. The molecular weight excluding hydrogens is 298 g/mol. The van der Waals surface area contributed by atoms with E-state index in [0.717, 1.165) is 4.31 Å². The topological polar surface area (TPSA) is 93.1 Å². The van der Waals surface area contributed by atoms with Crippen LogP contribution < -0.4 is 9.47 Å². The fourth-order valence-electron chi connectivity index (χ4n) is 1.65. The minimum Gasteiger partial charge on any atom is -0.490 e. The van der Waals surface area contributed by atoms with Gasteiger partial charge < -0.3 is 14.6 Å². The summed E-state index contributed by atoms with van der Waals surface area (Å²) in [7, 11) is -2.68. The van der Waals surface area contributed by atoms with Gasteiger partial charge in [-0.15, -0.1) is 0 Å². The van der Waals surface area contributed by atoms with E-state index in [2.05, 4.69) is 0 Å². The molecule has 0 aliphatic rings. The highest BCUT2D eigenvalue weighted by molar-refractivity contribution is 7.89. The van der Waals surface area contributed by atoms with Gasteiger partial charge in [0.25, 0.3) is 0 Å². The smallest absolute Gasteiger partial charge is 0.318 e. The molecule has 8 heteroatoms. The van der Waals surface area contributed by atoms with Crippen molar-refractivity contribution in [2.75, 3.05) is 26.8 Å². The molecule has 0 aliphatic heterocycles. The first kappa shape index (κ1) is 17.3. The molecule has 0 amide bonds. The predicted octanol–water partition coefficient (Wildman–Crippen LogP) is 1.19. The number of hydrogen-bond donors (Lipinski definition) is 1. The van der Waals surface area contributed by atoms with Crippen LogP contribution in [0.25, 0.3) is 0 Å². The van der Waals surface area contributed by atoms with Gasteiger partial charge >= 0.3 is 5.97 Å². The largest absolute Gasteiger partial charge is 0.490 e. The number of carboxylic acids is 1. The fourth-order valence-corrected chi connectivity index (χ4v) is 2.78. The summed E-state index contributed by atoms with van der Waals surface area (Å²) in [5.41, 5.74) is 0. The summed E-state index contributed by atoms with van der Waals surface area (Å²) in [5, 5.41) is 8.70. The van der Waals surface area contributed by atoms with Crippen LogP contribution in [0.5, 0.6) is 11.5 Å². The molecular formula is C13H19NO6S. The van der Waals surface area contributed by atoms with Crippen molar-refractivity contribution in [2.24, 2.45) is 0 Å². The van der Waals surface area contributed by atoms with E-state index in [1.54, 1.807) is 13.8 Å². The summed E-state index contributed by atoms with van der Waals surface area (Å²) >= 11 is 0. The highest BCUT2D eigenvalue weighted by Gasteiger charge is 2.24. The SMILES string of the molecule is CCOc1ccc(S(=O)(=O)N(C)CC(=O)O)cc1OCC. The number of hydrogen-bond acceptors (Lipinski definition) is 5. The maximum atomic E-state index is 12.3. The molecule has 0 atom stereocenters. The molecule has 0 bridgehead atoms. The van der Waals surface area contributed by atoms with Crippen molar-refractivity contribution in [1.29, 1.82) is 0 Å². The molecule has 1 rings (SSSR count). The number of benzene rings is 1. The molecule has 0 aliphatic carbocycles. The van der Waals surface area contributed by atoms with Crippen LogP contribution in [0, 0.1) is 0 Å². The zero-order valence-corrected chi connectivity index (χ0v) is 13.0. The van der Waals surface area contributed by atoms with Crippen LogP contribution in [-0.4, -0.2) is 50.6 Å². The van der Waals surface area contributed by atoms with E-state index in [9.17, 15) is 13.2 Å². The van der Waals surface area contributed by atoms with Gasteiger partial charge in [0, 0.05) is 13.1 Å². The first-order valence-electron chi connectivity index (χ1n) is 6.40. The summed E-state index contributed by atoms with van der Waals surface area (Å²) in [6.07, 6.45) is 0. The Hall–Kier alpha value is -1.80. The van der Waals surface area contributed by atoms with E-state index >= 15 is 0 Å². The molecule has 118 valence electrons. The van der Waals surface area contributed by atoms with E-state index in [1.165, 1.54) is 25.2 Å². The lowest BCUT2D eigenvalue weighted by molar-refractivity contribution is -0.137. The van der Waals surface area contributed by atoms with Gasteiger partial charge in [0.2, 0.25) is 10.0 Å². The van der Waals surface area contributed by atoms with Crippen LogP contribution in [0.1, 0.15) is 13.8 Å². The van der Waals surface area contributed by atoms with Crippen molar-refractivity contribution in [3.63, 3.8) is 0 Å². The molecule has 1 aromatic rings. The molecule has 0 aromatic heterocycles. The van der Waals surface area contributed by atoms with Crippen molar-refractivity contribution in [3.8, 4) is 11.5 Å². The Balaban J connectivity index is 3.18.